The lowest BCUT2D eigenvalue weighted by molar-refractivity contribution is -0.383. The van der Waals surface area contributed by atoms with E-state index in [2.05, 4.69) is 25.6 Å². The van der Waals surface area contributed by atoms with E-state index < -0.39 is 4.92 Å². The number of pyridine rings is 1. The molecule has 27 heavy (non-hydrogen) atoms. The molecule has 2 aromatic heterocycles. The van der Waals surface area contributed by atoms with Crippen molar-refractivity contribution in [3.63, 3.8) is 0 Å². The fourth-order valence-electron chi connectivity index (χ4n) is 2.21. The SMILES string of the molecule is COc1ccc(Cl)cc1Nc1ncnc(Nc2ccc(Cl)cn2)c1[N+](=O)[O-]. The maximum Gasteiger partial charge on any atom is 0.353 e. The summed E-state index contributed by atoms with van der Waals surface area (Å²) in [6.07, 6.45) is 2.59. The van der Waals surface area contributed by atoms with Crippen LogP contribution < -0.4 is 15.4 Å². The Kier molecular flexibility index (Phi) is 5.53. The first-order valence-electron chi connectivity index (χ1n) is 7.46. The lowest BCUT2D eigenvalue weighted by Crippen LogP contribution is -2.06. The molecule has 0 radical (unpaired) electrons. The van der Waals surface area contributed by atoms with E-state index in [4.69, 9.17) is 27.9 Å². The lowest BCUT2D eigenvalue weighted by Gasteiger charge is -2.12. The molecule has 2 heterocycles. The van der Waals surface area contributed by atoms with Gasteiger partial charge in [-0.15, -0.1) is 0 Å². The Morgan fingerprint density at radius 3 is 2.37 bits per heavy atom. The molecule has 0 unspecified atom stereocenters. The fraction of sp³-hybridized carbons (Fsp3) is 0.0625. The van der Waals surface area contributed by atoms with Gasteiger partial charge in [-0.1, -0.05) is 23.2 Å². The molecule has 0 spiro atoms. The van der Waals surface area contributed by atoms with Crippen LogP contribution in [0, 0.1) is 10.1 Å². The zero-order valence-corrected chi connectivity index (χ0v) is 15.3. The molecular formula is C16H12Cl2N6O3. The van der Waals surface area contributed by atoms with Gasteiger partial charge in [0.15, 0.2) is 0 Å². The predicted octanol–water partition coefficient (Wildman–Crippen LogP) is 4.58. The quantitative estimate of drug-likeness (QED) is 0.451. The molecule has 1 aromatic carbocycles. The first kappa shape index (κ1) is 18.6. The van der Waals surface area contributed by atoms with Crippen LogP contribution in [0.2, 0.25) is 10.0 Å². The van der Waals surface area contributed by atoms with Crippen LogP contribution in [0.1, 0.15) is 0 Å². The summed E-state index contributed by atoms with van der Waals surface area (Å²) in [7, 11) is 1.47. The summed E-state index contributed by atoms with van der Waals surface area (Å²) in [6.45, 7) is 0. The number of hydrogen-bond donors (Lipinski definition) is 2. The molecule has 0 saturated heterocycles. The van der Waals surface area contributed by atoms with Crippen molar-refractivity contribution in [2.24, 2.45) is 0 Å². The van der Waals surface area contributed by atoms with E-state index in [1.807, 2.05) is 0 Å². The molecule has 0 fully saturated rings. The zero-order valence-electron chi connectivity index (χ0n) is 13.8. The van der Waals surface area contributed by atoms with Crippen LogP contribution in [0.15, 0.2) is 42.9 Å². The van der Waals surface area contributed by atoms with E-state index in [1.165, 1.54) is 19.6 Å². The van der Waals surface area contributed by atoms with Crippen molar-refractivity contribution in [3.05, 3.63) is 63.0 Å². The van der Waals surface area contributed by atoms with Crippen molar-refractivity contribution in [2.45, 2.75) is 0 Å². The summed E-state index contributed by atoms with van der Waals surface area (Å²) >= 11 is 11.8. The minimum atomic E-state index is -0.600. The summed E-state index contributed by atoms with van der Waals surface area (Å²) in [6, 6.07) is 8.01. The summed E-state index contributed by atoms with van der Waals surface area (Å²) < 4.78 is 5.24. The van der Waals surface area contributed by atoms with Crippen molar-refractivity contribution in [1.82, 2.24) is 15.0 Å². The van der Waals surface area contributed by atoms with Gasteiger partial charge in [0, 0.05) is 11.2 Å². The number of ether oxygens (including phenoxy) is 1. The minimum absolute atomic E-state index is 0.0340. The number of anilines is 4. The molecule has 0 bridgehead atoms. The van der Waals surface area contributed by atoms with Crippen molar-refractivity contribution in [2.75, 3.05) is 17.7 Å². The van der Waals surface area contributed by atoms with E-state index in [9.17, 15) is 10.1 Å². The number of methoxy groups -OCH3 is 1. The molecule has 3 aromatic rings. The number of halogens is 2. The third-order valence-electron chi connectivity index (χ3n) is 3.39. The molecule has 0 amide bonds. The average molecular weight is 407 g/mol. The lowest BCUT2D eigenvalue weighted by atomic mass is 10.3. The Labute approximate surface area is 163 Å². The molecule has 2 N–H and O–H groups in total. The Morgan fingerprint density at radius 1 is 1.04 bits per heavy atom. The van der Waals surface area contributed by atoms with Crippen molar-refractivity contribution >= 4 is 52.0 Å². The van der Waals surface area contributed by atoms with E-state index in [1.54, 1.807) is 30.3 Å². The summed E-state index contributed by atoms with van der Waals surface area (Å²) in [5, 5.41) is 18.2. The highest BCUT2D eigenvalue weighted by atomic mass is 35.5. The second-order valence-electron chi connectivity index (χ2n) is 5.13. The largest absolute Gasteiger partial charge is 0.495 e. The molecule has 138 valence electrons. The maximum atomic E-state index is 11.6. The van der Waals surface area contributed by atoms with E-state index in [0.29, 0.717) is 27.3 Å². The number of nitro groups is 1. The van der Waals surface area contributed by atoms with Crippen LogP contribution in [0.3, 0.4) is 0 Å². The van der Waals surface area contributed by atoms with Crippen molar-refractivity contribution in [3.8, 4) is 5.75 Å². The number of aromatic nitrogens is 3. The van der Waals surface area contributed by atoms with Crippen LogP contribution in [-0.2, 0) is 0 Å². The number of nitrogens with one attached hydrogen (secondary N) is 2. The Bertz CT molecular complexity index is 984. The van der Waals surface area contributed by atoms with Crippen molar-refractivity contribution < 1.29 is 9.66 Å². The first-order valence-corrected chi connectivity index (χ1v) is 8.22. The summed E-state index contributed by atoms with van der Waals surface area (Å²) in [5.74, 6) is 0.717. The normalized spacial score (nSPS) is 10.3. The van der Waals surface area contributed by atoms with Crippen molar-refractivity contribution in [1.29, 1.82) is 0 Å². The van der Waals surface area contributed by atoms with Gasteiger partial charge in [-0.25, -0.2) is 15.0 Å². The maximum absolute atomic E-state index is 11.6. The fourth-order valence-corrected chi connectivity index (χ4v) is 2.50. The van der Waals surface area contributed by atoms with Crippen LogP contribution in [0.5, 0.6) is 5.75 Å². The summed E-state index contributed by atoms with van der Waals surface area (Å²) in [5.41, 5.74) is 0.0543. The molecule has 3 rings (SSSR count). The molecule has 0 atom stereocenters. The Balaban J connectivity index is 2.00. The van der Waals surface area contributed by atoms with Gasteiger partial charge in [-0.2, -0.15) is 0 Å². The van der Waals surface area contributed by atoms with Crippen LogP contribution in [0.25, 0.3) is 0 Å². The molecule has 0 aliphatic rings. The smallest absolute Gasteiger partial charge is 0.353 e. The predicted molar refractivity (Wildman–Crippen MR) is 103 cm³/mol. The van der Waals surface area contributed by atoms with Gasteiger partial charge in [0.05, 0.1) is 22.7 Å². The van der Waals surface area contributed by atoms with Crippen LogP contribution in [0.4, 0.5) is 28.8 Å². The number of hydrogen-bond acceptors (Lipinski definition) is 8. The number of benzene rings is 1. The van der Waals surface area contributed by atoms with Crippen LogP contribution in [-0.4, -0.2) is 27.0 Å². The monoisotopic (exact) mass is 406 g/mol. The van der Waals surface area contributed by atoms with E-state index >= 15 is 0 Å². The van der Waals surface area contributed by atoms with Gasteiger partial charge in [-0.3, -0.25) is 10.1 Å². The molecular weight excluding hydrogens is 395 g/mol. The minimum Gasteiger partial charge on any atom is -0.495 e. The third-order valence-corrected chi connectivity index (χ3v) is 3.85. The Morgan fingerprint density at radius 2 is 1.74 bits per heavy atom. The number of rotatable bonds is 6. The van der Waals surface area contributed by atoms with Gasteiger partial charge < -0.3 is 15.4 Å². The molecule has 0 aliphatic heterocycles. The highest BCUT2D eigenvalue weighted by Crippen LogP contribution is 2.36. The molecule has 9 nitrogen and oxygen atoms in total. The van der Waals surface area contributed by atoms with Gasteiger partial charge in [0.25, 0.3) is 0 Å². The second-order valence-corrected chi connectivity index (χ2v) is 6.01. The molecule has 0 saturated carbocycles. The topological polar surface area (TPSA) is 115 Å². The molecule has 0 aliphatic carbocycles. The van der Waals surface area contributed by atoms with Gasteiger partial charge in [0.1, 0.15) is 17.9 Å². The first-order chi connectivity index (χ1) is 13.0. The highest BCUT2D eigenvalue weighted by Gasteiger charge is 2.24. The third kappa shape index (κ3) is 4.33. The average Bonchev–Trinajstić information content (AvgIpc) is 2.64. The van der Waals surface area contributed by atoms with Crippen LogP contribution >= 0.6 is 23.2 Å². The van der Waals surface area contributed by atoms with Gasteiger partial charge in [-0.05, 0) is 30.3 Å². The zero-order chi connectivity index (χ0) is 19.4. The van der Waals surface area contributed by atoms with Gasteiger partial charge >= 0.3 is 5.69 Å². The molecule has 11 heteroatoms. The second kappa shape index (κ2) is 8.02. The van der Waals surface area contributed by atoms with Gasteiger partial charge in [0.2, 0.25) is 11.6 Å². The highest BCUT2D eigenvalue weighted by molar-refractivity contribution is 6.31. The van der Waals surface area contributed by atoms with E-state index in [0.717, 1.165) is 0 Å². The number of nitrogens with zero attached hydrogens (tertiary/aromatic N) is 4. The Hall–Kier alpha value is -3.17. The summed E-state index contributed by atoms with van der Waals surface area (Å²) in [4.78, 5) is 23.0. The standard InChI is InChI=1S/C16H12Cl2N6O3/c1-27-12-4-2-9(17)6-11(12)22-15-14(24(25)26)16(21-8-20-15)23-13-5-3-10(18)7-19-13/h2-8H,1H3,(H2,19,20,21,22,23). The van der Waals surface area contributed by atoms with E-state index in [-0.39, 0.29) is 17.3 Å².